The molecule has 1 N–H and O–H groups in total. The minimum atomic E-state index is -0.0435. The second-order valence-electron chi connectivity index (χ2n) is 6.24. The van der Waals surface area contributed by atoms with Crippen molar-refractivity contribution in [3.8, 4) is 0 Å². The minimum absolute atomic E-state index is 0.000689. The number of carbonyl (C=O) groups is 1. The summed E-state index contributed by atoms with van der Waals surface area (Å²) in [6.45, 7) is 2.07. The van der Waals surface area contributed by atoms with Gasteiger partial charge in [0.1, 0.15) is 0 Å². The highest BCUT2D eigenvalue weighted by molar-refractivity contribution is 5.78. The van der Waals surface area contributed by atoms with E-state index in [1.165, 1.54) is 19.3 Å². The molecule has 1 aliphatic heterocycles. The average Bonchev–Trinajstić information content (AvgIpc) is 2.48. The Kier molecular flexibility index (Phi) is 5.40. The van der Waals surface area contributed by atoms with Gasteiger partial charge in [0.05, 0.1) is 25.2 Å². The van der Waals surface area contributed by atoms with Crippen molar-refractivity contribution in [1.82, 2.24) is 10.3 Å². The van der Waals surface area contributed by atoms with Crippen LogP contribution in [0, 0.1) is 5.92 Å². The molecule has 2 fully saturated rings. The molecule has 1 aromatic heterocycles. The molecule has 3 rings (SSSR count). The molecule has 2 heterocycles. The Morgan fingerprint density at radius 1 is 1.41 bits per heavy atom. The van der Waals surface area contributed by atoms with Crippen molar-refractivity contribution in [1.29, 1.82) is 0 Å². The third-order valence-corrected chi connectivity index (χ3v) is 4.50. The topological polar surface area (TPSA) is 60.5 Å². The van der Waals surface area contributed by atoms with Crippen molar-refractivity contribution in [2.24, 2.45) is 5.92 Å². The van der Waals surface area contributed by atoms with Gasteiger partial charge in [0.15, 0.2) is 0 Å². The molecule has 5 nitrogen and oxygen atoms in total. The maximum Gasteiger partial charge on any atom is 0.224 e. The molecule has 5 heteroatoms. The molecule has 1 saturated heterocycles. The first-order valence-electron chi connectivity index (χ1n) is 8.19. The number of nitrogens with one attached hydrogen (secondary N) is 1. The monoisotopic (exact) mass is 304 g/mol. The Morgan fingerprint density at radius 3 is 3.05 bits per heavy atom. The van der Waals surface area contributed by atoms with Gasteiger partial charge < -0.3 is 14.8 Å². The zero-order valence-electron chi connectivity index (χ0n) is 12.9. The van der Waals surface area contributed by atoms with Gasteiger partial charge in [0, 0.05) is 25.6 Å². The highest BCUT2D eigenvalue weighted by atomic mass is 16.5. The molecule has 22 heavy (non-hydrogen) atoms. The van der Waals surface area contributed by atoms with E-state index in [1.807, 2.05) is 12.1 Å². The number of hydrogen-bond donors (Lipinski definition) is 1. The average molecular weight is 304 g/mol. The van der Waals surface area contributed by atoms with E-state index in [2.05, 4.69) is 10.3 Å². The number of rotatable bonds is 6. The van der Waals surface area contributed by atoms with Gasteiger partial charge in [0.25, 0.3) is 0 Å². The van der Waals surface area contributed by atoms with Gasteiger partial charge in [-0.2, -0.15) is 0 Å². The minimum Gasteiger partial charge on any atom is -0.379 e. The SMILES string of the molecule is O=C(Cc1cccnc1)N[C@@H]1COCC[C@@H]1OCC1CCC1. The lowest BCUT2D eigenvalue weighted by molar-refractivity contribution is -0.126. The standard InChI is InChI=1S/C17H24N2O3/c20-17(9-14-5-2-7-18-10-14)19-15-12-21-8-6-16(15)22-11-13-3-1-4-13/h2,5,7,10,13,15-16H,1,3-4,6,8-9,11-12H2,(H,19,20)/t15-,16+/m1/s1. The lowest BCUT2D eigenvalue weighted by Gasteiger charge is -2.34. The van der Waals surface area contributed by atoms with E-state index < -0.39 is 0 Å². The number of amides is 1. The Labute approximate surface area is 131 Å². The van der Waals surface area contributed by atoms with Crippen LogP contribution in [0.3, 0.4) is 0 Å². The first kappa shape index (κ1) is 15.4. The summed E-state index contributed by atoms with van der Waals surface area (Å²) in [6.07, 6.45) is 8.59. The zero-order chi connectivity index (χ0) is 15.2. The van der Waals surface area contributed by atoms with Crippen molar-refractivity contribution in [2.75, 3.05) is 19.8 Å². The fourth-order valence-electron chi connectivity index (χ4n) is 2.92. The smallest absolute Gasteiger partial charge is 0.224 e. The zero-order valence-corrected chi connectivity index (χ0v) is 12.9. The molecular formula is C17H24N2O3. The van der Waals surface area contributed by atoms with Crippen LogP contribution >= 0.6 is 0 Å². The second kappa shape index (κ2) is 7.70. The van der Waals surface area contributed by atoms with Crippen molar-refractivity contribution in [3.05, 3.63) is 30.1 Å². The summed E-state index contributed by atoms with van der Waals surface area (Å²) in [5.74, 6) is 0.718. The van der Waals surface area contributed by atoms with Gasteiger partial charge >= 0.3 is 0 Å². The summed E-state index contributed by atoms with van der Waals surface area (Å²) in [5.41, 5.74) is 0.920. The number of pyridine rings is 1. The lowest BCUT2D eigenvalue weighted by Crippen LogP contribution is -2.51. The highest BCUT2D eigenvalue weighted by Crippen LogP contribution is 2.27. The molecule has 0 spiro atoms. The van der Waals surface area contributed by atoms with E-state index >= 15 is 0 Å². The van der Waals surface area contributed by atoms with E-state index in [4.69, 9.17) is 9.47 Å². The van der Waals surface area contributed by atoms with E-state index in [9.17, 15) is 4.79 Å². The van der Waals surface area contributed by atoms with Crippen LogP contribution < -0.4 is 5.32 Å². The highest BCUT2D eigenvalue weighted by Gasteiger charge is 2.29. The third kappa shape index (κ3) is 4.27. The summed E-state index contributed by atoms with van der Waals surface area (Å²) in [5, 5.41) is 3.06. The normalized spacial score (nSPS) is 25.5. The summed E-state index contributed by atoms with van der Waals surface area (Å²) in [7, 11) is 0. The number of carbonyl (C=O) groups excluding carboxylic acids is 1. The Morgan fingerprint density at radius 2 is 2.32 bits per heavy atom. The van der Waals surface area contributed by atoms with Crippen LogP contribution in [0.15, 0.2) is 24.5 Å². The lowest BCUT2D eigenvalue weighted by atomic mass is 9.86. The fraction of sp³-hybridized carbons (Fsp3) is 0.647. The van der Waals surface area contributed by atoms with Crippen LogP contribution in [-0.4, -0.2) is 42.9 Å². The van der Waals surface area contributed by atoms with Gasteiger partial charge in [-0.05, 0) is 36.8 Å². The van der Waals surface area contributed by atoms with Crippen LogP contribution in [-0.2, 0) is 20.7 Å². The summed E-state index contributed by atoms with van der Waals surface area (Å²) in [6, 6.07) is 3.71. The van der Waals surface area contributed by atoms with Crippen molar-refractivity contribution < 1.29 is 14.3 Å². The Balaban J connectivity index is 1.48. The Hall–Kier alpha value is -1.46. The summed E-state index contributed by atoms with van der Waals surface area (Å²) in [4.78, 5) is 16.2. The molecule has 120 valence electrons. The van der Waals surface area contributed by atoms with Crippen molar-refractivity contribution in [3.63, 3.8) is 0 Å². The molecule has 1 aromatic rings. The maximum atomic E-state index is 12.2. The summed E-state index contributed by atoms with van der Waals surface area (Å²) >= 11 is 0. The molecule has 1 aliphatic carbocycles. The molecule has 0 radical (unpaired) electrons. The Bertz CT molecular complexity index is 476. The third-order valence-electron chi connectivity index (χ3n) is 4.50. The van der Waals surface area contributed by atoms with Crippen LogP contribution in [0.5, 0.6) is 0 Å². The molecule has 1 amide bonds. The van der Waals surface area contributed by atoms with E-state index in [-0.39, 0.29) is 18.1 Å². The largest absolute Gasteiger partial charge is 0.379 e. The van der Waals surface area contributed by atoms with Crippen LogP contribution in [0.25, 0.3) is 0 Å². The van der Waals surface area contributed by atoms with Gasteiger partial charge in [-0.15, -0.1) is 0 Å². The van der Waals surface area contributed by atoms with E-state index in [0.29, 0.717) is 19.6 Å². The first-order valence-corrected chi connectivity index (χ1v) is 8.19. The molecule has 1 saturated carbocycles. The van der Waals surface area contributed by atoms with Crippen LogP contribution in [0.1, 0.15) is 31.2 Å². The molecule has 0 aromatic carbocycles. The molecule has 0 bridgehead atoms. The second-order valence-corrected chi connectivity index (χ2v) is 6.24. The maximum absolute atomic E-state index is 12.2. The number of nitrogens with zero attached hydrogens (tertiary/aromatic N) is 1. The fourth-order valence-corrected chi connectivity index (χ4v) is 2.92. The molecular weight excluding hydrogens is 280 g/mol. The van der Waals surface area contributed by atoms with Crippen molar-refractivity contribution in [2.45, 2.75) is 44.2 Å². The van der Waals surface area contributed by atoms with Crippen LogP contribution in [0.4, 0.5) is 0 Å². The van der Waals surface area contributed by atoms with Crippen molar-refractivity contribution >= 4 is 5.91 Å². The van der Waals surface area contributed by atoms with Gasteiger partial charge in [-0.25, -0.2) is 0 Å². The summed E-state index contributed by atoms with van der Waals surface area (Å²) < 4.78 is 11.5. The first-order chi connectivity index (χ1) is 10.8. The molecule has 2 atom stereocenters. The van der Waals surface area contributed by atoms with Crippen LogP contribution in [0.2, 0.25) is 0 Å². The number of ether oxygens (including phenoxy) is 2. The predicted molar refractivity (Wildman–Crippen MR) is 82.4 cm³/mol. The quantitative estimate of drug-likeness (QED) is 0.869. The molecule has 0 unspecified atom stereocenters. The van der Waals surface area contributed by atoms with E-state index in [0.717, 1.165) is 24.5 Å². The predicted octanol–water partition coefficient (Wildman–Crippen LogP) is 1.71. The van der Waals surface area contributed by atoms with Gasteiger partial charge in [-0.1, -0.05) is 12.5 Å². The number of aromatic nitrogens is 1. The number of hydrogen-bond acceptors (Lipinski definition) is 4. The van der Waals surface area contributed by atoms with Gasteiger partial charge in [0.2, 0.25) is 5.91 Å². The molecule has 2 aliphatic rings. The van der Waals surface area contributed by atoms with Gasteiger partial charge in [-0.3, -0.25) is 9.78 Å². The van der Waals surface area contributed by atoms with E-state index in [1.54, 1.807) is 12.4 Å².